The lowest BCUT2D eigenvalue weighted by molar-refractivity contribution is -0.142. The normalized spacial score (nSPS) is 12.9. The minimum absolute atomic E-state index is 0.0109. The summed E-state index contributed by atoms with van der Waals surface area (Å²) < 4.78 is 5.73. The first-order chi connectivity index (χ1) is 15.1. The number of nitrogens with zero attached hydrogens (tertiary/aromatic N) is 1. The molecule has 0 aliphatic heterocycles. The van der Waals surface area contributed by atoms with Crippen LogP contribution in [0, 0.1) is 0 Å². The SMILES string of the molecule is CC[C@H](C)NC(=O)[C@H](C)N(Cc1ccc(Cl)cc1Cl)C(=O)COc1ccc(C(C)C)cc1. The molecule has 0 bridgehead atoms. The molecule has 2 rings (SSSR count). The van der Waals surface area contributed by atoms with Crippen LogP contribution in [0.2, 0.25) is 10.0 Å². The molecule has 2 aromatic rings. The molecule has 0 radical (unpaired) electrons. The highest BCUT2D eigenvalue weighted by molar-refractivity contribution is 6.35. The van der Waals surface area contributed by atoms with Gasteiger partial charge in [-0.25, -0.2) is 0 Å². The highest BCUT2D eigenvalue weighted by Gasteiger charge is 2.27. The molecule has 0 unspecified atom stereocenters. The number of carbonyl (C=O) groups excluding carboxylic acids is 2. The quantitative estimate of drug-likeness (QED) is 0.467. The maximum Gasteiger partial charge on any atom is 0.261 e. The Hall–Kier alpha value is -2.24. The number of amides is 2. The molecular weight excluding hydrogens is 447 g/mol. The Labute approximate surface area is 201 Å². The molecule has 2 aromatic carbocycles. The third kappa shape index (κ3) is 7.42. The predicted octanol–water partition coefficient (Wildman–Crippen LogP) is 5.83. The largest absolute Gasteiger partial charge is 0.484 e. The molecule has 0 fully saturated rings. The average molecular weight is 479 g/mol. The van der Waals surface area contributed by atoms with Crippen LogP contribution < -0.4 is 10.1 Å². The Morgan fingerprint density at radius 3 is 2.25 bits per heavy atom. The van der Waals surface area contributed by atoms with E-state index in [2.05, 4.69) is 19.2 Å². The van der Waals surface area contributed by atoms with Gasteiger partial charge in [0.25, 0.3) is 5.91 Å². The van der Waals surface area contributed by atoms with Gasteiger partial charge in [-0.1, -0.05) is 62.2 Å². The summed E-state index contributed by atoms with van der Waals surface area (Å²) in [5, 5.41) is 3.88. The number of hydrogen-bond donors (Lipinski definition) is 1. The van der Waals surface area contributed by atoms with Crippen molar-refractivity contribution in [2.24, 2.45) is 0 Å². The van der Waals surface area contributed by atoms with Crippen LogP contribution >= 0.6 is 23.2 Å². The first-order valence-corrected chi connectivity index (χ1v) is 11.6. The van der Waals surface area contributed by atoms with Crippen molar-refractivity contribution in [2.75, 3.05) is 6.61 Å². The second kappa shape index (κ2) is 12.1. The van der Waals surface area contributed by atoms with Gasteiger partial charge in [0, 0.05) is 22.6 Å². The summed E-state index contributed by atoms with van der Waals surface area (Å²) in [6, 6.07) is 12.1. The zero-order valence-corrected chi connectivity index (χ0v) is 20.8. The Bertz CT molecular complexity index is 916. The zero-order valence-electron chi connectivity index (χ0n) is 19.3. The maximum absolute atomic E-state index is 13.1. The standard InChI is InChI=1S/C25H32Cl2N2O3/c1-6-17(4)28-25(31)18(5)29(14-20-7-10-21(26)13-23(20)27)24(30)15-32-22-11-8-19(9-12-22)16(2)3/h7-13,16-18H,6,14-15H2,1-5H3,(H,28,31)/t17-,18-/m0/s1. The van der Waals surface area contributed by atoms with Crippen molar-refractivity contribution in [1.82, 2.24) is 10.2 Å². The molecule has 0 spiro atoms. The third-order valence-electron chi connectivity index (χ3n) is 5.43. The number of rotatable bonds is 10. The fourth-order valence-corrected chi connectivity index (χ4v) is 3.53. The van der Waals surface area contributed by atoms with Crippen LogP contribution in [0.5, 0.6) is 5.75 Å². The number of hydrogen-bond acceptors (Lipinski definition) is 3. The summed E-state index contributed by atoms with van der Waals surface area (Å²) in [6.07, 6.45) is 0.797. The van der Waals surface area contributed by atoms with Gasteiger partial charge in [0.15, 0.2) is 6.61 Å². The number of halogens is 2. The highest BCUT2D eigenvalue weighted by Crippen LogP contribution is 2.24. The Morgan fingerprint density at radius 2 is 1.69 bits per heavy atom. The summed E-state index contributed by atoms with van der Waals surface area (Å²) in [5.41, 5.74) is 1.90. The monoisotopic (exact) mass is 478 g/mol. The van der Waals surface area contributed by atoms with E-state index < -0.39 is 6.04 Å². The predicted molar refractivity (Wildman–Crippen MR) is 130 cm³/mol. The van der Waals surface area contributed by atoms with Crippen molar-refractivity contribution in [2.45, 2.75) is 65.6 Å². The van der Waals surface area contributed by atoms with E-state index in [1.807, 2.05) is 38.1 Å². The summed E-state index contributed by atoms with van der Waals surface area (Å²) in [7, 11) is 0. The van der Waals surface area contributed by atoms with Crippen LogP contribution in [0.4, 0.5) is 0 Å². The maximum atomic E-state index is 13.1. The summed E-state index contributed by atoms with van der Waals surface area (Å²) in [6.45, 7) is 9.83. The van der Waals surface area contributed by atoms with Crippen LogP contribution in [0.25, 0.3) is 0 Å². The Morgan fingerprint density at radius 1 is 1.03 bits per heavy atom. The van der Waals surface area contributed by atoms with E-state index >= 15 is 0 Å². The second-order valence-electron chi connectivity index (χ2n) is 8.26. The van der Waals surface area contributed by atoms with E-state index in [0.29, 0.717) is 27.3 Å². The van der Waals surface area contributed by atoms with E-state index in [0.717, 1.165) is 6.42 Å². The van der Waals surface area contributed by atoms with Crippen molar-refractivity contribution in [3.8, 4) is 5.75 Å². The van der Waals surface area contributed by atoms with Gasteiger partial charge in [-0.05, 0) is 61.6 Å². The lowest BCUT2D eigenvalue weighted by Gasteiger charge is -2.30. The zero-order chi connectivity index (χ0) is 23.8. The molecular formula is C25H32Cl2N2O3. The van der Waals surface area contributed by atoms with Gasteiger partial charge in [0.05, 0.1) is 0 Å². The topological polar surface area (TPSA) is 58.6 Å². The molecule has 5 nitrogen and oxygen atoms in total. The van der Waals surface area contributed by atoms with Gasteiger partial charge >= 0.3 is 0 Å². The Kier molecular flexibility index (Phi) is 9.85. The fourth-order valence-electron chi connectivity index (χ4n) is 3.06. The number of benzene rings is 2. The second-order valence-corrected chi connectivity index (χ2v) is 9.11. The van der Waals surface area contributed by atoms with Crippen molar-refractivity contribution < 1.29 is 14.3 Å². The molecule has 2 amide bonds. The van der Waals surface area contributed by atoms with E-state index in [9.17, 15) is 9.59 Å². The van der Waals surface area contributed by atoms with E-state index in [1.54, 1.807) is 25.1 Å². The van der Waals surface area contributed by atoms with Gasteiger partial charge in [0.1, 0.15) is 11.8 Å². The molecule has 0 saturated heterocycles. The molecule has 32 heavy (non-hydrogen) atoms. The van der Waals surface area contributed by atoms with E-state index in [1.165, 1.54) is 10.5 Å². The van der Waals surface area contributed by atoms with Crippen LogP contribution in [-0.4, -0.2) is 35.4 Å². The van der Waals surface area contributed by atoms with Crippen molar-refractivity contribution in [3.63, 3.8) is 0 Å². The number of nitrogens with one attached hydrogen (secondary N) is 1. The van der Waals surface area contributed by atoms with Gasteiger partial charge < -0.3 is 15.0 Å². The number of carbonyl (C=O) groups is 2. The molecule has 0 saturated carbocycles. The van der Waals surface area contributed by atoms with Crippen LogP contribution in [0.1, 0.15) is 58.1 Å². The molecule has 0 aromatic heterocycles. The van der Waals surface area contributed by atoms with Gasteiger partial charge in [0.2, 0.25) is 5.91 Å². The van der Waals surface area contributed by atoms with Crippen molar-refractivity contribution in [3.05, 3.63) is 63.6 Å². The third-order valence-corrected chi connectivity index (χ3v) is 6.02. The molecule has 1 N–H and O–H groups in total. The van der Waals surface area contributed by atoms with Gasteiger partial charge in [-0.3, -0.25) is 9.59 Å². The lowest BCUT2D eigenvalue weighted by Crippen LogP contribution is -2.50. The molecule has 0 aliphatic rings. The molecule has 174 valence electrons. The molecule has 7 heteroatoms. The summed E-state index contributed by atoms with van der Waals surface area (Å²) in [5.74, 6) is 0.480. The van der Waals surface area contributed by atoms with Gasteiger partial charge in [-0.15, -0.1) is 0 Å². The van der Waals surface area contributed by atoms with Crippen LogP contribution in [0.15, 0.2) is 42.5 Å². The average Bonchev–Trinajstić information content (AvgIpc) is 2.76. The molecule has 2 atom stereocenters. The van der Waals surface area contributed by atoms with E-state index in [4.69, 9.17) is 27.9 Å². The molecule has 0 heterocycles. The van der Waals surface area contributed by atoms with E-state index in [-0.39, 0.29) is 31.0 Å². The van der Waals surface area contributed by atoms with Crippen molar-refractivity contribution in [1.29, 1.82) is 0 Å². The first kappa shape index (κ1) is 26.0. The van der Waals surface area contributed by atoms with Gasteiger partial charge in [-0.2, -0.15) is 0 Å². The Balaban J connectivity index is 2.17. The lowest BCUT2D eigenvalue weighted by atomic mass is 10.0. The highest BCUT2D eigenvalue weighted by atomic mass is 35.5. The number of ether oxygens (including phenoxy) is 1. The summed E-state index contributed by atoms with van der Waals surface area (Å²) >= 11 is 12.3. The van der Waals surface area contributed by atoms with Crippen LogP contribution in [0.3, 0.4) is 0 Å². The van der Waals surface area contributed by atoms with Crippen LogP contribution in [-0.2, 0) is 16.1 Å². The minimum Gasteiger partial charge on any atom is -0.484 e. The van der Waals surface area contributed by atoms with Crippen molar-refractivity contribution >= 4 is 35.0 Å². The first-order valence-electron chi connectivity index (χ1n) is 10.9. The fraction of sp³-hybridized carbons (Fsp3) is 0.440. The smallest absolute Gasteiger partial charge is 0.261 e. The summed E-state index contributed by atoms with van der Waals surface area (Å²) in [4.78, 5) is 27.4. The minimum atomic E-state index is -0.699. The molecule has 0 aliphatic carbocycles.